The molecule has 0 unspecified atom stereocenters. The summed E-state index contributed by atoms with van der Waals surface area (Å²) in [5.74, 6) is -0.324. The third kappa shape index (κ3) is 3.37. The number of hydrogen-bond donors (Lipinski definition) is 1. The molecule has 0 aliphatic rings. The maximum atomic E-state index is 12.2. The van der Waals surface area contributed by atoms with Crippen LogP contribution in [0.3, 0.4) is 0 Å². The molecule has 1 N–H and O–H groups in total. The van der Waals surface area contributed by atoms with Crippen molar-refractivity contribution in [2.45, 2.75) is 19.9 Å². The van der Waals surface area contributed by atoms with Crippen LogP contribution in [0.1, 0.15) is 12.5 Å². The first-order valence-electron chi connectivity index (χ1n) is 7.13. The van der Waals surface area contributed by atoms with Gasteiger partial charge >= 0.3 is 5.69 Å². The Morgan fingerprint density at radius 3 is 2.65 bits per heavy atom. The summed E-state index contributed by atoms with van der Waals surface area (Å²) in [6.07, 6.45) is 0.940. The Kier molecular flexibility index (Phi) is 4.33. The lowest BCUT2D eigenvalue weighted by Crippen LogP contribution is -2.29. The average molecular weight is 329 g/mol. The molecule has 7 nitrogen and oxygen atoms in total. The van der Waals surface area contributed by atoms with Gasteiger partial charge in [-0.2, -0.15) is 9.36 Å². The topological polar surface area (TPSA) is 81.8 Å². The molecule has 118 valence electrons. The lowest BCUT2D eigenvalue weighted by Gasteiger charge is -2.05. The predicted octanol–water partition coefficient (Wildman–Crippen LogP) is 1.69. The fraction of sp³-hybridized carbons (Fsp3) is 0.200. The van der Waals surface area contributed by atoms with Gasteiger partial charge in [-0.15, -0.1) is 11.3 Å². The summed E-state index contributed by atoms with van der Waals surface area (Å²) in [5, 5.41) is 12.8. The molecule has 8 heteroatoms. The molecule has 0 fully saturated rings. The number of nitrogens with one attached hydrogen (secondary N) is 1. The number of aryl methyl sites for hydroxylation is 1. The van der Waals surface area contributed by atoms with Crippen molar-refractivity contribution in [1.29, 1.82) is 0 Å². The summed E-state index contributed by atoms with van der Waals surface area (Å²) in [6, 6.07) is 11.2. The number of benzene rings is 1. The predicted molar refractivity (Wildman–Crippen MR) is 87.9 cm³/mol. The van der Waals surface area contributed by atoms with Crippen molar-refractivity contribution in [3.8, 4) is 5.00 Å². The number of thiophene rings is 1. The van der Waals surface area contributed by atoms with E-state index in [0.29, 0.717) is 10.7 Å². The fourth-order valence-electron chi connectivity index (χ4n) is 2.06. The molecule has 0 saturated heterocycles. The van der Waals surface area contributed by atoms with Crippen LogP contribution in [0, 0.1) is 0 Å². The Labute approximate surface area is 136 Å². The maximum absolute atomic E-state index is 12.2. The van der Waals surface area contributed by atoms with Crippen LogP contribution in [0.2, 0.25) is 0 Å². The van der Waals surface area contributed by atoms with Gasteiger partial charge in [-0.3, -0.25) is 4.79 Å². The van der Waals surface area contributed by atoms with Gasteiger partial charge in [0.1, 0.15) is 11.5 Å². The molecule has 0 spiro atoms. The highest BCUT2D eigenvalue weighted by Gasteiger charge is 2.12. The third-order valence-corrected chi connectivity index (χ3v) is 4.14. The summed E-state index contributed by atoms with van der Waals surface area (Å²) in [7, 11) is 0. The standard InChI is InChI=1S/C15H15N5O2S/c1-2-11-5-7-12(8-6-11)16-13(21)10-19-15(22)20(18-17-19)14-4-3-9-23-14/h3-9H,2,10H2,1H3,(H,16,21). The fourth-order valence-corrected chi connectivity index (χ4v) is 2.73. The number of carbonyl (C=O) groups is 1. The molecule has 2 heterocycles. The van der Waals surface area contributed by atoms with Gasteiger partial charge in [0.15, 0.2) is 0 Å². The van der Waals surface area contributed by atoms with Crippen LogP contribution in [-0.2, 0) is 17.8 Å². The van der Waals surface area contributed by atoms with Crippen LogP contribution >= 0.6 is 11.3 Å². The van der Waals surface area contributed by atoms with E-state index in [9.17, 15) is 9.59 Å². The lowest BCUT2D eigenvalue weighted by molar-refractivity contribution is -0.117. The quantitative estimate of drug-likeness (QED) is 0.772. The van der Waals surface area contributed by atoms with E-state index in [1.165, 1.54) is 21.6 Å². The molecule has 0 atom stereocenters. The van der Waals surface area contributed by atoms with Crippen LogP contribution in [-0.4, -0.2) is 25.7 Å². The van der Waals surface area contributed by atoms with Crippen molar-refractivity contribution in [3.05, 3.63) is 57.8 Å². The molecular formula is C15H15N5O2S. The number of tetrazole rings is 1. The first-order chi connectivity index (χ1) is 11.2. The molecule has 2 aromatic heterocycles. The van der Waals surface area contributed by atoms with Gasteiger partial charge in [0.25, 0.3) is 0 Å². The molecule has 3 rings (SSSR count). The summed E-state index contributed by atoms with van der Waals surface area (Å²) in [5.41, 5.74) is 1.44. The van der Waals surface area contributed by atoms with Gasteiger partial charge in [0.05, 0.1) is 0 Å². The number of aromatic nitrogens is 4. The molecule has 1 aromatic carbocycles. The molecule has 0 aliphatic heterocycles. The van der Waals surface area contributed by atoms with Gasteiger partial charge in [-0.25, -0.2) is 4.79 Å². The van der Waals surface area contributed by atoms with Crippen LogP contribution in [0.15, 0.2) is 46.6 Å². The van der Waals surface area contributed by atoms with E-state index >= 15 is 0 Å². The first kappa shape index (κ1) is 15.2. The van der Waals surface area contributed by atoms with E-state index in [1.807, 2.05) is 35.7 Å². The Morgan fingerprint density at radius 1 is 1.22 bits per heavy atom. The zero-order valence-corrected chi connectivity index (χ0v) is 13.3. The van der Waals surface area contributed by atoms with Crippen LogP contribution < -0.4 is 11.0 Å². The second kappa shape index (κ2) is 6.57. The molecule has 0 bridgehead atoms. The van der Waals surface area contributed by atoms with E-state index in [0.717, 1.165) is 11.1 Å². The highest BCUT2D eigenvalue weighted by atomic mass is 32.1. The summed E-state index contributed by atoms with van der Waals surface area (Å²) in [6.45, 7) is 1.89. The lowest BCUT2D eigenvalue weighted by atomic mass is 10.1. The summed E-state index contributed by atoms with van der Waals surface area (Å²) in [4.78, 5) is 24.2. The summed E-state index contributed by atoms with van der Waals surface area (Å²) < 4.78 is 2.21. The van der Waals surface area contributed by atoms with Gasteiger partial charge in [-0.1, -0.05) is 19.1 Å². The number of amides is 1. The number of rotatable bonds is 5. The molecule has 23 heavy (non-hydrogen) atoms. The molecule has 0 saturated carbocycles. The van der Waals surface area contributed by atoms with Gasteiger partial charge in [-0.05, 0) is 52.1 Å². The maximum Gasteiger partial charge on any atom is 0.369 e. The normalized spacial score (nSPS) is 10.7. The van der Waals surface area contributed by atoms with Crippen LogP contribution in [0.4, 0.5) is 5.69 Å². The van der Waals surface area contributed by atoms with E-state index < -0.39 is 5.69 Å². The zero-order chi connectivity index (χ0) is 16.2. The third-order valence-electron chi connectivity index (χ3n) is 3.29. The van der Waals surface area contributed by atoms with Crippen molar-refractivity contribution in [1.82, 2.24) is 19.8 Å². The average Bonchev–Trinajstić information content (AvgIpc) is 3.19. The van der Waals surface area contributed by atoms with Crippen LogP contribution in [0.25, 0.3) is 5.00 Å². The molecule has 3 aromatic rings. The van der Waals surface area contributed by atoms with E-state index in [4.69, 9.17) is 0 Å². The Hall–Kier alpha value is -2.74. The second-order valence-electron chi connectivity index (χ2n) is 4.88. The minimum atomic E-state index is -0.441. The minimum Gasteiger partial charge on any atom is -0.324 e. The SMILES string of the molecule is CCc1ccc(NC(=O)Cn2nnn(-c3cccs3)c2=O)cc1. The van der Waals surface area contributed by atoms with Crippen molar-refractivity contribution in [2.75, 3.05) is 5.32 Å². The Morgan fingerprint density at radius 2 is 2.00 bits per heavy atom. The van der Waals surface area contributed by atoms with Gasteiger partial charge in [0.2, 0.25) is 5.91 Å². The number of hydrogen-bond acceptors (Lipinski definition) is 5. The van der Waals surface area contributed by atoms with Crippen molar-refractivity contribution in [3.63, 3.8) is 0 Å². The highest BCUT2D eigenvalue weighted by molar-refractivity contribution is 7.12. The van der Waals surface area contributed by atoms with E-state index in [1.54, 1.807) is 6.07 Å². The monoisotopic (exact) mass is 329 g/mol. The zero-order valence-electron chi connectivity index (χ0n) is 12.5. The van der Waals surface area contributed by atoms with Crippen LogP contribution in [0.5, 0.6) is 0 Å². The minimum absolute atomic E-state index is 0.181. The molecule has 0 aliphatic carbocycles. The first-order valence-corrected chi connectivity index (χ1v) is 8.01. The molecule has 0 radical (unpaired) electrons. The Balaban J connectivity index is 1.69. The van der Waals surface area contributed by atoms with Gasteiger partial charge in [0, 0.05) is 5.69 Å². The number of anilines is 1. The Bertz CT molecular complexity index is 849. The van der Waals surface area contributed by atoms with Crippen molar-refractivity contribution in [2.24, 2.45) is 0 Å². The number of nitrogens with zero attached hydrogens (tertiary/aromatic N) is 4. The molecular weight excluding hydrogens is 314 g/mol. The van der Waals surface area contributed by atoms with E-state index in [-0.39, 0.29) is 12.5 Å². The van der Waals surface area contributed by atoms with E-state index in [2.05, 4.69) is 22.7 Å². The van der Waals surface area contributed by atoms with Crippen molar-refractivity contribution >= 4 is 22.9 Å². The smallest absolute Gasteiger partial charge is 0.324 e. The molecule has 1 amide bonds. The second-order valence-corrected chi connectivity index (χ2v) is 5.81. The van der Waals surface area contributed by atoms with Crippen molar-refractivity contribution < 1.29 is 4.79 Å². The number of carbonyl (C=O) groups excluding carboxylic acids is 1. The summed E-state index contributed by atoms with van der Waals surface area (Å²) >= 11 is 1.38. The van der Waals surface area contributed by atoms with Gasteiger partial charge < -0.3 is 5.32 Å². The largest absolute Gasteiger partial charge is 0.369 e. The highest BCUT2D eigenvalue weighted by Crippen LogP contribution is 2.11.